The van der Waals surface area contributed by atoms with Crippen LogP contribution in [0.2, 0.25) is 0 Å². The molecule has 0 spiro atoms. The molecule has 0 fully saturated rings. The molecule has 0 saturated heterocycles. The molecule has 44 heavy (non-hydrogen) atoms. The van der Waals surface area contributed by atoms with Crippen LogP contribution in [-0.2, 0) is 20.4 Å². The highest BCUT2D eigenvalue weighted by atomic mass is 16.5. The number of carbonyl (C=O) groups excluding carboxylic acids is 3. The Labute approximate surface area is 264 Å². The van der Waals surface area contributed by atoms with Crippen molar-refractivity contribution < 1.29 is 33.3 Å². The van der Waals surface area contributed by atoms with Gasteiger partial charge in [-0.3, -0.25) is 14.4 Å². The molecule has 2 aromatic rings. The van der Waals surface area contributed by atoms with E-state index >= 15 is 0 Å². The summed E-state index contributed by atoms with van der Waals surface area (Å²) in [6, 6.07) is 6.46. The van der Waals surface area contributed by atoms with Crippen molar-refractivity contribution in [3.05, 3.63) is 52.6 Å². The summed E-state index contributed by atoms with van der Waals surface area (Å²) in [5.74, 6) is 0.802. The molecule has 7 nitrogen and oxygen atoms in total. The minimum absolute atomic E-state index is 0.250. The van der Waals surface area contributed by atoms with Gasteiger partial charge in [-0.1, -0.05) is 48.5 Å². The predicted octanol–water partition coefficient (Wildman–Crippen LogP) is 8.88. The average molecular weight is 609 g/mol. The molecule has 0 unspecified atom stereocenters. The number of carbonyl (C=O) groups is 3. The highest BCUT2D eigenvalue weighted by molar-refractivity contribution is 6.07. The molecule has 0 aliphatic rings. The van der Waals surface area contributed by atoms with Gasteiger partial charge in [-0.25, -0.2) is 0 Å². The zero-order valence-electron chi connectivity index (χ0n) is 29.2. The van der Waals surface area contributed by atoms with E-state index in [-0.39, 0.29) is 17.7 Å². The van der Waals surface area contributed by atoms with Crippen LogP contribution >= 0.6 is 0 Å². The van der Waals surface area contributed by atoms with E-state index in [0.29, 0.717) is 46.3 Å². The van der Waals surface area contributed by atoms with E-state index in [9.17, 15) is 14.4 Å². The first kappa shape index (κ1) is 36.6. The van der Waals surface area contributed by atoms with Crippen LogP contribution in [0.1, 0.15) is 123 Å². The number of allylic oxidation sites excluding steroid dienone is 1. The Bertz CT molecular complexity index is 1380. The molecular formula is C37H52O7. The summed E-state index contributed by atoms with van der Waals surface area (Å²) in [5, 5.41) is 0. The van der Waals surface area contributed by atoms with Crippen LogP contribution in [0, 0.1) is 10.8 Å². The molecule has 0 aliphatic carbocycles. The molecule has 0 radical (unpaired) electrons. The normalized spacial score (nSPS) is 12.7. The number of rotatable bonds is 9. The summed E-state index contributed by atoms with van der Waals surface area (Å²) in [6.45, 7) is 25.4. The van der Waals surface area contributed by atoms with Crippen LogP contribution in [-0.4, -0.2) is 31.4 Å². The van der Waals surface area contributed by atoms with Crippen molar-refractivity contribution in [3.8, 4) is 23.0 Å². The maximum absolute atomic E-state index is 13.4. The number of hydrogen-bond donors (Lipinski definition) is 0. The van der Waals surface area contributed by atoms with Gasteiger partial charge in [0.05, 0.1) is 30.1 Å². The van der Waals surface area contributed by atoms with Crippen molar-refractivity contribution in [2.45, 2.75) is 107 Å². The number of benzene rings is 2. The third kappa shape index (κ3) is 8.96. The summed E-state index contributed by atoms with van der Waals surface area (Å²) in [5.41, 5.74) is 0.0601. The number of ether oxygens (including phenoxy) is 4. The van der Waals surface area contributed by atoms with Crippen molar-refractivity contribution in [3.63, 3.8) is 0 Å². The molecule has 0 atom stereocenters. The Morgan fingerprint density at radius 2 is 1.16 bits per heavy atom. The second-order valence-electron chi connectivity index (χ2n) is 15.2. The van der Waals surface area contributed by atoms with E-state index in [0.717, 1.165) is 12.0 Å². The fourth-order valence-corrected chi connectivity index (χ4v) is 4.33. The second kappa shape index (κ2) is 13.6. The quantitative estimate of drug-likeness (QED) is 0.122. The standard InChI is InChI=1S/C37H52O7/c1-15-22-42-30-25(20-21-26(38)23-16-18-24(19-17-23)43-32(39)36(8,9)10)29(41-14)27(34(2,3)4)31(28(30)35(5,6)7)44-33(40)37(11,12)13/h16-21H,15,22H2,1-14H3. The molecule has 0 aliphatic heterocycles. The highest BCUT2D eigenvalue weighted by Crippen LogP contribution is 2.53. The molecule has 2 rings (SSSR count). The predicted molar refractivity (Wildman–Crippen MR) is 176 cm³/mol. The summed E-state index contributed by atoms with van der Waals surface area (Å²) < 4.78 is 24.1. The lowest BCUT2D eigenvalue weighted by Gasteiger charge is -2.34. The lowest BCUT2D eigenvalue weighted by atomic mass is 9.76. The molecular weight excluding hydrogens is 556 g/mol. The largest absolute Gasteiger partial charge is 0.496 e. The summed E-state index contributed by atoms with van der Waals surface area (Å²) in [6.07, 6.45) is 3.93. The maximum Gasteiger partial charge on any atom is 0.316 e. The smallest absolute Gasteiger partial charge is 0.316 e. The lowest BCUT2D eigenvalue weighted by Crippen LogP contribution is -2.30. The Morgan fingerprint density at radius 1 is 0.682 bits per heavy atom. The molecule has 2 aromatic carbocycles. The van der Waals surface area contributed by atoms with Gasteiger partial charge >= 0.3 is 11.9 Å². The number of ketones is 1. The first-order valence-electron chi connectivity index (χ1n) is 15.2. The van der Waals surface area contributed by atoms with E-state index in [1.54, 1.807) is 58.2 Å². The maximum atomic E-state index is 13.4. The van der Waals surface area contributed by atoms with E-state index in [1.807, 2.05) is 69.2 Å². The van der Waals surface area contributed by atoms with Crippen molar-refractivity contribution in [1.82, 2.24) is 0 Å². The van der Waals surface area contributed by atoms with Gasteiger partial charge in [-0.15, -0.1) is 0 Å². The minimum Gasteiger partial charge on any atom is -0.496 e. The van der Waals surface area contributed by atoms with Crippen molar-refractivity contribution >= 4 is 23.8 Å². The van der Waals surface area contributed by atoms with Crippen LogP contribution in [0.25, 0.3) is 6.08 Å². The zero-order valence-corrected chi connectivity index (χ0v) is 29.2. The van der Waals surface area contributed by atoms with E-state index in [2.05, 4.69) is 0 Å². The minimum atomic E-state index is -0.742. The Kier molecular flexibility index (Phi) is 11.3. The number of methoxy groups -OCH3 is 1. The summed E-state index contributed by atoms with van der Waals surface area (Å²) >= 11 is 0. The number of esters is 2. The van der Waals surface area contributed by atoms with Gasteiger partial charge in [0.25, 0.3) is 0 Å². The van der Waals surface area contributed by atoms with E-state index < -0.39 is 21.7 Å². The topological polar surface area (TPSA) is 88.1 Å². The van der Waals surface area contributed by atoms with E-state index in [1.165, 1.54) is 6.08 Å². The number of hydrogen-bond acceptors (Lipinski definition) is 7. The highest BCUT2D eigenvalue weighted by Gasteiger charge is 2.38. The molecule has 0 aromatic heterocycles. The summed E-state index contributed by atoms with van der Waals surface area (Å²) in [7, 11) is 1.57. The van der Waals surface area contributed by atoms with Crippen molar-refractivity contribution in [2.24, 2.45) is 10.8 Å². The van der Waals surface area contributed by atoms with Gasteiger partial charge in [0.1, 0.15) is 23.0 Å². The SMILES string of the molecule is CCCOc1c(C=CC(=O)c2ccc(OC(=O)C(C)(C)C)cc2)c(OC)c(C(C)(C)C)c(OC(=O)C(C)(C)C)c1C(C)(C)C. The molecule has 242 valence electrons. The fourth-order valence-electron chi connectivity index (χ4n) is 4.33. The van der Waals surface area contributed by atoms with Crippen LogP contribution in [0.3, 0.4) is 0 Å². The monoisotopic (exact) mass is 608 g/mol. The molecule has 0 amide bonds. The van der Waals surface area contributed by atoms with Gasteiger partial charge in [0, 0.05) is 16.7 Å². The van der Waals surface area contributed by atoms with Crippen molar-refractivity contribution in [1.29, 1.82) is 0 Å². The van der Waals surface area contributed by atoms with Crippen LogP contribution in [0.5, 0.6) is 23.0 Å². The average Bonchev–Trinajstić information content (AvgIpc) is 2.88. The molecule has 0 N–H and O–H groups in total. The van der Waals surface area contributed by atoms with E-state index in [4.69, 9.17) is 18.9 Å². The zero-order chi connectivity index (χ0) is 33.8. The summed E-state index contributed by atoms with van der Waals surface area (Å²) in [4.78, 5) is 38.9. The van der Waals surface area contributed by atoms with Gasteiger partial charge in [0.2, 0.25) is 0 Å². The molecule has 7 heteroatoms. The first-order valence-corrected chi connectivity index (χ1v) is 15.2. The Morgan fingerprint density at radius 3 is 1.59 bits per heavy atom. The van der Waals surface area contributed by atoms with Crippen LogP contribution in [0.4, 0.5) is 0 Å². The Balaban J connectivity index is 2.81. The van der Waals surface area contributed by atoms with Gasteiger partial charge < -0.3 is 18.9 Å². The van der Waals surface area contributed by atoms with Gasteiger partial charge in [0.15, 0.2) is 5.78 Å². The van der Waals surface area contributed by atoms with Crippen LogP contribution in [0.15, 0.2) is 30.3 Å². The Hall–Kier alpha value is -3.61. The first-order chi connectivity index (χ1) is 20.0. The van der Waals surface area contributed by atoms with Gasteiger partial charge in [-0.2, -0.15) is 0 Å². The third-order valence-electron chi connectivity index (χ3n) is 6.72. The van der Waals surface area contributed by atoms with Crippen LogP contribution < -0.4 is 18.9 Å². The molecule has 0 bridgehead atoms. The third-order valence-corrected chi connectivity index (χ3v) is 6.72. The fraction of sp³-hybridized carbons (Fsp3) is 0.541. The van der Waals surface area contributed by atoms with Crippen molar-refractivity contribution in [2.75, 3.05) is 13.7 Å². The lowest BCUT2D eigenvalue weighted by molar-refractivity contribution is -0.143. The molecule has 0 saturated carbocycles. The van der Waals surface area contributed by atoms with Gasteiger partial charge in [-0.05, 0) is 95.2 Å². The second-order valence-corrected chi connectivity index (χ2v) is 15.2. The molecule has 0 heterocycles.